The zero-order valence-electron chi connectivity index (χ0n) is 4.81. The number of carbonyl (C=O) groups is 1. The van der Waals surface area contributed by atoms with Gasteiger partial charge in [0.1, 0.15) is 0 Å². The van der Waals surface area contributed by atoms with Gasteiger partial charge in [0.15, 0.2) is 5.12 Å². The molecule has 0 heterocycles. The Morgan fingerprint density at radius 2 is 2.38 bits per heavy atom. The van der Waals surface area contributed by atoms with Gasteiger partial charge in [-0.15, -0.1) is 0 Å². The van der Waals surface area contributed by atoms with Gasteiger partial charge in [0.25, 0.3) is 0 Å². The van der Waals surface area contributed by atoms with E-state index in [1.54, 1.807) is 0 Å². The third kappa shape index (κ3) is 4.35. The zero-order chi connectivity index (χ0) is 6.57. The predicted molar refractivity (Wildman–Crippen MR) is 41.7 cm³/mol. The van der Waals surface area contributed by atoms with Crippen LogP contribution in [0.4, 0.5) is 0 Å². The topological polar surface area (TPSA) is 17.1 Å². The van der Waals surface area contributed by atoms with Crippen molar-refractivity contribution in [2.24, 2.45) is 0 Å². The standard InChI is InChI=1S/C5H9OPS/c1-4(2)3-5(6)8-7/h1,3,7H2,2H3. The van der Waals surface area contributed by atoms with Gasteiger partial charge in [-0.05, 0) is 6.92 Å². The van der Waals surface area contributed by atoms with Crippen molar-refractivity contribution in [3.63, 3.8) is 0 Å². The number of hydrogen-bond donors (Lipinski definition) is 0. The minimum Gasteiger partial charge on any atom is -0.287 e. The summed E-state index contributed by atoms with van der Waals surface area (Å²) in [5.41, 5.74) is 0.921. The molecule has 0 N–H and O–H groups in total. The molecule has 0 aromatic carbocycles. The third-order valence-electron chi connectivity index (χ3n) is 0.578. The normalized spacial score (nSPS) is 8.75. The zero-order valence-corrected chi connectivity index (χ0v) is 6.78. The summed E-state index contributed by atoms with van der Waals surface area (Å²) >= 11 is 1.17. The fourth-order valence-corrected chi connectivity index (χ4v) is 0.868. The molecule has 0 aliphatic rings. The van der Waals surface area contributed by atoms with Crippen molar-refractivity contribution in [1.82, 2.24) is 0 Å². The largest absolute Gasteiger partial charge is 0.287 e. The first-order chi connectivity index (χ1) is 3.66. The van der Waals surface area contributed by atoms with E-state index >= 15 is 0 Å². The second kappa shape index (κ2) is 4.11. The molecule has 1 nitrogen and oxygen atoms in total. The lowest BCUT2D eigenvalue weighted by atomic mass is 10.3. The van der Waals surface area contributed by atoms with Gasteiger partial charge in [0.05, 0.1) is 0 Å². The Kier molecular flexibility index (Phi) is 4.20. The molecule has 0 amide bonds. The van der Waals surface area contributed by atoms with Crippen molar-refractivity contribution in [3.8, 4) is 0 Å². The van der Waals surface area contributed by atoms with Crippen LogP contribution >= 0.6 is 19.8 Å². The molecule has 46 valence electrons. The summed E-state index contributed by atoms with van der Waals surface area (Å²) in [4.78, 5) is 10.5. The third-order valence-corrected chi connectivity index (χ3v) is 1.77. The Hall–Kier alpha value is 0.190. The minimum atomic E-state index is 0.155. The van der Waals surface area contributed by atoms with Crippen LogP contribution in [0.2, 0.25) is 0 Å². The first-order valence-electron chi connectivity index (χ1n) is 2.20. The molecule has 3 heteroatoms. The molecule has 8 heavy (non-hydrogen) atoms. The summed E-state index contributed by atoms with van der Waals surface area (Å²) in [5.74, 6) is 0. The van der Waals surface area contributed by atoms with E-state index in [2.05, 4.69) is 15.0 Å². The summed E-state index contributed by atoms with van der Waals surface area (Å²) in [6.45, 7) is 5.45. The Morgan fingerprint density at radius 1 is 1.88 bits per heavy atom. The van der Waals surface area contributed by atoms with Crippen LogP contribution in [0.25, 0.3) is 0 Å². The van der Waals surface area contributed by atoms with Crippen molar-refractivity contribution in [3.05, 3.63) is 12.2 Å². The van der Waals surface area contributed by atoms with Gasteiger partial charge in [-0.1, -0.05) is 32.0 Å². The molecule has 1 unspecified atom stereocenters. The number of allylic oxidation sites excluding steroid dienone is 1. The molecule has 0 saturated carbocycles. The average molecular weight is 148 g/mol. The molecule has 1 atom stereocenters. The molecule has 0 saturated heterocycles. The Labute approximate surface area is 55.9 Å². The molecule has 0 radical (unpaired) electrons. The molecule has 0 aliphatic carbocycles. The van der Waals surface area contributed by atoms with Gasteiger partial charge in [-0.25, -0.2) is 0 Å². The molecule has 0 aliphatic heterocycles. The molecule has 0 rings (SSSR count). The Morgan fingerprint density at radius 3 is 2.50 bits per heavy atom. The second-order valence-corrected chi connectivity index (χ2v) is 3.02. The van der Waals surface area contributed by atoms with E-state index in [-0.39, 0.29) is 5.12 Å². The first-order valence-corrected chi connectivity index (χ1v) is 4.50. The van der Waals surface area contributed by atoms with E-state index in [0.29, 0.717) is 6.42 Å². The van der Waals surface area contributed by atoms with Crippen molar-refractivity contribution < 1.29 is 4.79 Å². The van der Waals surface area contributed by atoms with Crippen molar-refractivity contribution in [2.45, 2.75) is 13.3 Å². The van der Waals surface area contributed by atoms with Crippen LogP contribution < -0.4 is 0 Å². The molecular formula is C5H9OPS. The minimum absolute atomic E-state index is 0.155. The van der Waals surface area contributed by atoms with Gasteiger partial charge in [0.2, 0.25) is 0 Å². The quantitative estimate of drug-likeness (QED) is 0.440. The van der Waals surface area contributed by atoms with Gasteiger partial charge >= 0.3 is 0 Å². The van der Waals surface area contributed by atoms with E-state index in [1.807, 2.05) is 6.92 Å². The fourth-order valence-electron chi connectivity index (χ4n) is 0.288. The number of rotatable bonds is 2. The highest BCUT2D eigenvalue weighted by molar-refractivity contribution is 8.52. The smallest absolute Gasteiger partial charge is 0.196 e. The summed E-state index contributed by atoms with van der Waals surface area (Å²) in [7, 11) is 2.31. The Bertz CT molecular complexity index is 111. The van der Waals surface area contributed by atoms with Crippen molar-refractivity contribution in [1.29, 1.82) is 0 Å². The van der Waals surface area contributed by atoms with Crippen LogP contribution in [0.3, 0.4) is 0 Å². The SMILES string of the molecule is C=C(C)CC(=O)SP. The second-order valence-electron chi connectivity index (χ2n) is 1.62. The average Bonchev–Trinajstić information content (AvgIpc) is 1.65. The van der Waals surface area contributed by atoms with Crippen LogP contribution in [-0.2, 0) is 4.79 Å². The van der Waals surface area contributed by atoms with Crippen LogP contribution in [0.5, 0.6) is 0 Å². The monoisotopic (exact) mass is 148 g/mol. The van der Waals surface area contributed by atoms with Gasteiger partial charge < -0.3 is 0 Å². The lowest BCUT2D eigenvalue weighted by molar-refractivity contribution is -0.110. The molecule has 0 bridgehead atoms. The highest BCUT2D eigenvalue weighted by Crippen LogP contribution is 2.15. The van der Waals surface area contributed by atoms with E-state index in [1.165, 1.54) is 11.4 Å². The maximum Gasteiger partial charge on any atom is 0.196 e. The molecule has 0 aromatic rings. The number of carbonyl (C=O) groups excluding carboxylic acids is 1. The molecule has 0 aromatic heterocycles. The summed E-state index contributed by atoms with van der Waals surface area (Å²) in [5, 5.41) is 0.155. The van der Waals surface area contributed by atoms with E-state index in [4.69, 9.17) is 0 Å². The maximum absolute atomic E-state index is 10.5. The predicted octanol–water partition coefficient (Wildman–Crippen LogP) is 2.00. The van der Waals surface area contributed by atoms with Crippen molar-refractivity contribution >= 4 is 24.9 Å². The highest BCUT2D eigenvalue weighted by Gasteiger charge is 1.96. The molecular weight excluding hydrogens is 139 g/mol. The summed E-state index contributed by atoms with van der Waals surface area (Å²) in [6.07, 6.45) is 0.494. The van der Waals surface area contributed by atoms with Crippen LogP contribution in [0.1, 0.15) is 13.3 Å². The maximum atomic E-state index is 10.5. The Balaban J connectivity index is 3.40. The van der Waals surface area contributed by atoms with E-state index in [9.17, 15) is 4.79 Å². The van der Waals surface area contributed by atoms with Crippen molar-refractivity contribution in [2.75, 3.05) is 0 Å². The summed E-state index contributed by atoms with van der Waals surface area (Å²) < 4.78 is 0. The lowest BCUT2D eigenvalue weighted by Gasteiger charge is -1.91. The van der Waals surface area contributed by atoms with Crippen LogP contribution in [0, 0.1) is 0 Å². The molecule has 0 fully saturated rings. The number of hydrogen-bond acceptors (Lipinski definition) is 2. The van der Waals surface area contributed by atoms with Gasteiger partial charge in [-0.2, -0.15) is 0 Å². The van der Waals surface area contributed by atoms with E-state index in [0.717, 1.165) is 5.57 Å². The first kappa shape index (κ1) is 8.19. The van der Waals surface area contributed by atoms with Gasteiger partial charge in [-0.3, -0.25) is 4.79 Å². The van der Waals surface area contributed by atoms with Crippen LogP contribution in [-0.4, -0.2) is 5.12 Å². The lowest BCUT2D eigenvalue weighted by Crippen LogP contribution is -1.86. The van der Waals surface area contributed by atoms with E-state index < -0.39 is 0 Å². The highest BCUT2D eigenvalue weighted by atomic mass is 32.7. The fraction of sp³-hybridized carbons (Fsp3) is 0.400. The molecule has 0 spiro atoms. The summed E-state index contributed by atoms with van der Waals surface area (Å²) in [6, 6.07) is 0. The van der Waals surface area contributed by atoms with Crippen LogP contribution in [0.15, 0.2) is 12.2 Å². The van der Waals surface area contributed by atoms with Gasteiger partial charge in [0, 0.05) is 6.42 Å².